The van der Waals surface area contributed by atoms with Crippen LogP contribution in [0.5, 0.6) is 5.75 Å². The van der Waals surface area contributed by atoms with Gasteiger partial charge in [-0.25, -0.2) is 9.78 Å². The molecule has 0 amide bonds. The third-order valence-corrected chi connectivity index (χ3v) is 4.29. The van der Waals surface area contributed by atoms with Gasteiger partial charge >= 0.3 is 5.97 Å². The van der Waals surface area contributed by atoms with E-state index in [0.29, 0.717) is 30.3 Å². The molecule has 5 heteroatoms. The second-order valence-electron chi connectivity index (χ2n) is 6.58. The number of carbonyl (C=O) groups excluding carboxylic acids is 1. The van der Waals surface area contributed by atoms with E-state index in [0.717, 1.165) is 16.7 Å². The standard InChI is InChI=1S/C24H24N2O3/c1-18(15-19-10-12-21(13-11-19)24(27)28-2)16-26-23-22(9-6-14-25-23)29-17-20-7-4-3-5-8-20/h3-15H,16-17H2,1-2H3,(H,25,26). The molecular formula is C24H24N2O3. The van der Waals surface area contributed by atoms with Crippen molar-refractivity contribution < 1.29 is 14.3 Å². The van der Waals surface area contributed by atoms with Crippen LogP contribution < -0.4 is 10.1 Å². The van der Waals surface area contributed by atoms with Crippen LogP contribution in [0.3, 0.4) is 0 Å². The minimum Gasteiger partial charge on any atom is -0.485 e. The van der Waals surface area contributed by atoms with Crippen LogP contribution in [-0.4, -0.2) is 24.6 Å². The Morgan fingerprint density at radius 3 is 2.52 bits per heavy atom. The molecule has 0 fully saturated rings. The Balaban J connectivity index is 1.60. The molecule has 0 bridgehead atoms. The minimum absolute atomic E-state index is 0.336. The van der Waals surface area contributed by atoms with Crippen LogP contribution in [0.4, 0.5) is 5.82 Å². The van der Waals surface area contributed by atoms with Gasteiger partial charge in [-0.2, -0.15) is 0 Å². The topological polar surface area (TPSA) is 60.5 Å². The first-order valence-corrected chi connectivity index (χ1v) is 9.37. The van der Waals surface area contributed by atoms with E-state index in [1.54, 1.807) is 18.3 Å². The summed E-state index contributed by atoms with van der Waals surface area (Å²) in [5.74, 6) is 1.08. The van der Waals surface area contributed by atoms with Crippen molar-refractivity contribution in [2.75, 3.05) is 19.0 Å². The highest BCUT2D eigenvalue weighted by Gasteiger charge is 2.06. The van der Waals surface area contributed by atoms with Crippen LogP contribution in [0, 0.1) is 0 Å². The molecule has 0 saturated heterocycles. The molecule has 0 aliphatic heterocycles. The van der Waals surface area contributed by atoms with E-state index in [4.69, 9.17) is 9.47 Å². The summed E-state index contributed by atoms with van der Waals surface area (Å²) in [6, 6.07) is 21.1. The second-order valence-corrected chi connectivity index (χ2v) is 6.58. The number of nitrogens with zero attached hydrogens (tertiary/aromatic N) is 1. The first-order valence-electron chi connectivity index (χ1n) is 9.37. The summed E-state index contributed by atoms with van der Waals surface area (Å²) in [6.07, 6.45) is 3.80. The fourth-order valence-corrected chi connectivity index (χ4v) is 2.77. The summed E-state index contributed by atoms with van der Waals surface area (Å²) in [5.41, 5.74) is 3.77. The Morgan fingerprint density at radius 1 is 1.03 bits per heavy atom. The van der Waals surface area contributed by atoms with Gasteiger partial charge in [-0.1, -0.05) is 54.1 Å². The van der Waals surface area contributed by atoms with E-state index in [1.165, 1.54) is 7.11 Å². The van der Waals surface area contributed by atoms with Crippen molar-refractivity contribution in [2.24, 2.45) is 0 Å². The minimum atomic E-state index is -0.336. The number of nitrogens with one attached hydrogen (secondary N) is 1. The maximum absolute atomic E-state index is 11.5. The molecule has 2 aromatic carbocycles. The monoisotopic (exact) mass is 388 g/mol. The molecule has 1 N–H and O–H groups in total. The van der Waals surface area contributed by atoms with Gasteiger partial charge in [0.05, 0.1) is 12.7 Å². The van der Waals surface area contributed by atoms with Crippen LogP contribution in [0.15, 0.2) is 78.5 Å². The van der Waals surface area contributed by atoms with E-state index in [9.17, 15) is 4.79 Å². The Labute approximate surface area is 171 Å². The SMILES string of the molecule is COC(=O)c1ccc(C=C(C)CNc2ncccc2OCc2ccccc2)cc1. The molecule has 1 aromatic heterocycles. The molecule has 0 unspecified atom stereocenters. The second kappa shape index (κ2) is 10.1. The number of pyridine rings is 1. The lowest BCUT2D eigenvalue weighted by Crippen LogP contribution is -2.07. The van der Waals surface area contributed by atoms with Gasteiger partial charge in [-0.15, -0.1) is 0 Å². The zero-order valence-corrected chi connectivity index (χ0v) is 16.6. The summed E-state index contributed by atoms with van der Waals surface area (Å²) in [5, 5.41) is 3.33. The fourth-order valence-electron chi connectivity index (χ4n) is 2.77. The van der Waals surface area contributed by atoms with Gasteiger partial charge in [0.15, 0.2) is 11.6 Å². The molecule has 3 rings (SSSR count). The highest BCUT2D eigenvalue weighted by atomic mass is 16.5. The largest absolute Gasteiger partial charge is 0.485 e. The number of carbonyl (C=O) groups is 1. The van der Waals surface area contributed by atoms with Crippen molar-refractivity contribution in [3.63, 3.8) is 0 Å². The number of hydrogen-bond acceptors (Lipinski definition) is 5. The molecular weight excluding hydrogens is 364 g/mol. The molecule has 0 spiro atoms. The molecule has 3 aromatic rings. The van der Waals surface area contributed by atoms with Gasteiger partial charge < -0.3 is 14.8 Å². The number of rotatable bonds is 8. The molecule has 5 nitrogen and oxygen atoms in total. The van der Waals surface area contributed by atoms with Crippen molar-refractivity contribution in [3.05, 3.63) is 95.2 Å². The van der Waals surface area contributed by atoms with E-state index in [-0.39, 0.29) is 5.97 Å². The molecule has 0 aliphatic carbocycles. The van der Waals surface area contributed by atoms with Gasteiger partial charge in [0, 0.05) is 12.7 Å². The summed E-state index contributed by atoms with van der Waals surface area (Å²) in [4.78, 5) is 15.9. The average molecular weight is 388 g/mol. The van der Waals surface area contributed by atoms with Gasteiger partial charge in [0.25, 0.3) is 0 Å². The third-order valence-electron chi connectivity index (χ3n) is 4.29. The lowest BCUT2D eigenvalue weighted by Gasteiger charge is -2.12. The maximum Gasteiger partial charge on any atom is 0.337 e. The van der Waals surface area contributed by atoms with E-state index >= 15 is 0 Å². The van der Waals surface area contributed by atoms with E-state index in [2.05, 4.69) is 16.4 Å². The van der Waals surface area contributed by atoms with Crippen molar-refractivity contribution in [2.45, 2.75) is 13.5 Å². The summed E-state index contributed by atoms with van der Waals surface area (Å²) < 4.78 is 10.7. The molecule has 148 valence electrons. The van der Waals surface area contributed by atoms with Crippen LogP contribution in [0.1, 0.15) is 28.4 Å². The summed E-state index contributed by atoms with van der Waals surface area (Å²) >= 11 is 0. The lowest BCUT2D eigenvalue weighted by atomic mass is 10.1. The number of aromatic nitrogens is 1. The third kappa shape index (κ3) is 5.94. The smallest absolute Gasteiger partial charge is 0.337 e. The van der Waals surface area contributed by atoms with Crippen LogP contribution in [0.2, 0.25) is 0 Å². The molecule has 0 aliphatic rings. The van der Waals surface area contributed by atoms with E-state index < -0.39 is 0 Å². The lowest BCUT2D eigenvalue weighted by molar-refractivity contribution is 0.0600. The number of ether oxygens (including phenoxy) is 2. The zero-order valence-electron chi connectivity index (χ0n) is 16.6. The van der Waals surface area contributed by atoms with Crippen LogP contribution >= 0.6 is 0 Å². The molecule has 29 heavy (non-hydrogen) atoms. The predicted molar refractivity (Wildman–Crippen MR) is 115 cm³/mol. The van der Waals surface area contributed by atoms with Gasteiger partial charge in [0.2, 0.25) is 0 Å². The first kappa shape index (κ1) is 20.1. The Morgan fingerprint density at radius 2 is 1.79 bits per heavy atom. The van der Waals surface area contributed by atoms with Crippen molar-refractivity contribution in [3.8, 4) is 5.75 Å². The van der Waals surface area contributed by atoms with Crippen molar-refractivity contribution in [1.82, 2.24) is 4.98 Å². The van der Waals surface area contributed by atoms with Gasteiger partial charge in [-0.05, 0) is 42.3 Å². The van der Waals surface area contributed by atoms with Gasteiger partial charge in [0.1, 0.15) is 6.61 Å². The van der Waals surface area contributed by atoms with Crippen molar-refractivity contribution in [1.29, 1.82) is 0 Å². The maximum atomic E-state index is 11.5. The number of methoxy groups -OCH3 is 1. The normalized spacial score (nSPS) is 11.0. The number of esters is 1. The highest BCUT2D eigenvalue weighted by Crippen LogP contribution is 2.22. The Hall–Kier alpha value is -3.60. The van der Waals surface area contributed by atoms with Gasteiger partial charge in [-0.3, -0.25) is 0 Å². The van der Waals surface area contributed by atoms with Crippen LogP contribution in [-0.2, 0) is 11.3 Å². The number of anilines is 1. The number of benzene rings is 2. The highest BCUT2D eigenvalue weighted by molar-refractivity contribution is 5.89. The molecule has 1 heterocycles. The first-order chi connectivity index (χ1) is 14.2. The van der Waals surface area contributed by atoms with E-state index in [1.807, 2.05) is 61.5 Å². The quantitative estimate of drug-likeness (QED) is 0.553. The predicted octanol–water partition coefficient (Wildman–Crippen LogP) is 4.96. The fraction of sp³-hybridized carbons (Fsp3) is 0.167. The Bertz CT molecular complexity index is 967. The molecule has 0 saturated carbocycles. The molecule has 0 radical (unpaired) electrons. The number of hydrogen-bond donors (Lipinski definition) is 1. The average Bonchev–Trinajstić information content (AvgIpc) is 2.77. The summed E-state index contributed by atoms with van der Waals surface area (Å²) in [6.45, 7) is 3.15. The van der Waals surface area contributed by atoms with Crippen LogP contribution in [0.25, 0.3) is 6.08 Å². The molecule has 0 atom stereocenters. The summed E-state index contributed by atoms with van der Waals surface area (Å²) in [7, 11) is 1.38. The Kier molecular flexibility index (Phi) is 7.00. The van der Waals surface area contributed by atoms with Crippen molar-refractivity contribution >= 4 is 17.9 Å². The zero-order chi connectivity index (χ0) is 20.5.